The average Bonchev–Trinajstić information content (AvgIpc) is 3.16. The molecule has 1 aliphatic rings. The molecule has 1 atom stereocenters. The average molecular weight is 343 g/mol. The van der Waals surface area contributed by atoms with Gasteiger partial charge in [-0.1, -0.05) is 23.4 Å². The molecule has 25 heavy (non-hydrogen) atoms. The van der Waals surface area contributed by atoms with E-state index in [0.717, 1.165) is 0 Å². The molecule has 8 heteroatoms. The molecule has 0 unspecified atom stereocenters. The standard InChI is InChI=1S/C17H21N5O3/c1-12(2)22-11-13(19-20-22)10-15-16(23)21(17(24)18-15)8-9-25-14-6-4-3-5-7-14/h3-7,11-12,15H,8-10H2,1-2H3,(H,18,24)/t15-/m1/s1. The lowest BCUT2D eigenvalue weighted by Crippen LogP contribution is -2.35. The number of benzene rings is 1. The van der Waals surface area contributed by atoms with Crippen molar-refractivity contribution in [1.29, 1.82) is 0 Å². The molecule has 1 N–H and O–H groups in total. The van der Waals surface area contributed by atoms with E-state index in [1.807, 2.05) is 44.2 Å². The van der Waals surface area contributed by atoms with E-state index in [9.17, 15) is 9.59 Å². The zero-order valence-corrected chi connectivity index (χ0v) is 14.3. The van der Waals surface area contributed by atoms with E-state index in [1.54, 1.807) is 10.9 Å². The Hall–Kier alpha value is -2.90. The summed E-state index contributed by atoms with van der Waals surface area (Å²) in [5.74, 6) is 0.442. The Kier molecular flexibility index (Phi) is 4.97. The Labute approximate surface area is 145 Å². The maximum absolute atomic E-state index is 12.4. The highest BCUT2D eigenvalue weighted by Gasteiger charge is 2.38. The molecular formula is C17H21N5O3. The van der Waals surface area contributed by atoms with Crippen molar-refractivity contribution in [3.05, 3.63) is 42.2 Å². The lowest BCUT2D eigenvalue weighted by atomic mass is 10.1. The summed E-state index contributed by atoms with van der Waals surface area (Å²) in [4.78, 5) is 25.7. The summed E-state index contributed by atoms with van der Waals surface area (Å²) in [5.41, 5.74) is 0.676. The summed E-state index contributed by atoms with van der Waals surface area (Å²) in [5, 5.41) is 10.8. The Morgan fingerprint density at radius 1 is 1.24 bits per heavy atom. The van der Waals surface area contributed by atoms with Crippen molar-refractivity contribution < 1.29 is 14.3 Å². The zero-order valence-electron chi connectivity index (χ0n) is 14.3. The topological polar surface area (TPSA) is 89.4 Å². The molecular weight excluding hydrogens is 322 g/mol. The Morgan fingerprint density at radius 2 is 2.00 bits per heavy atom. The summed E-state index contributed by atoms with van der Waals surface area (Å²) < 4.78 is 7.27. The Morgan fingerprint density at radius 3 is 2.68 bits per heavy atom. The number of amides is 3. The fourth-order valence-electron chi connectivity index (χ4n) is 2.57. The van der Waals surface area contributed by atoms with Crippen LogP contribution in [0.5, 0.6) is 5.75 Å². The summed E-state index contributed by atoms with van der Waals surface area (Å²) in [6.45, 7) is 4.44. The van der Waals surface area contributed by atoms with Crippen LogP contribution in [0.4, 0.5) is 4.79 Å². The van der Waals surface area contributed by atoms with Gasteiger partial charge in [-0.25, -0.2) is 9.48 Å². The normalized spacial score (nSPS) is 17.2. The molecule has 8 nitrogen and oxygen atoms in total. The highest BCUT2D eigenvalue weighted by Crippen LogP contribution is 2.13. The van der Waals surface area contributed by atoms with E-state index in [4.69, 9.17) is 4.74 Å². The van der Waals surface area contributed by atoms with Crippen molar-refractivity contribution in [3.63, 3.8) is 0 Å². The van der Waals surface area contributed by atoms with Crippen LogP contribution in [-0.2, 0) is 11.2 Å². The minimum Gasteiger partial charge on any atom is -0.492 e. The van der Waals surface area contributed by atoms with Crippen LogP contribution >= 0.6 is 0 Å². The molecule has 3 amide bonds. The van der Waals surface area contributed by atoms with Crippen molar-refractivity contribution in [2.75, 3.05) is 13.2 Å². The number of carbonyl (C=O) groups excluding carboxylic acids is 2. The van der Waals surface area contributed by atoms with Crippen LogP contribution in [0.25, 0.3) is 0 Å². The van der Waals surface area contributed by atoms with Gasteiger partial charge in [0.25, 0.3) is 5.91 Å². The third kappa shape index (κ3) is 3.96. The van der Waals surface area contributed by atoms with Gasteiger partial charge in [0, 0.05) is 18.7 Å². The first kappa shape index (κ1) is 16.9. The van der Waals surface area contributed by atoms with E-state index >= 15 is 0 Å². The molecule has 132 valence electrons. The van der Waals surface area contributed by atoms with Crippen molar-refractivity contribution in [2.24, 2.45) is 0 Å². The molecule has 0 saturated carbocycles. The molecule has 0 aliphatic carbocycles. The van der Waals surface area contributed by atoms with E-state index in [2.05, 4.69) is 15.6 Å². The van der Waals surface area contributed by atoms with Gasteiger partial charge in [-0.15, -0.1) is 5.10 Å². The van der Waals surface area contributed by atoms with Gasteiger partial charge in [0.05, 0.1) is 12.2 Å². The maximum Gasteiger partial charge on any atom is 0.324 e. The maximum atomic E-state index is 12.4. The minimum atomic E-state index is -0.610. The number of para-hydroxylation sites is 1. The molecule has 1 aliphatic heterocycles. The van der Waals surface area contributed by atoms with Crippen LogP contribution < -0.4 is 10.1 Å². The number of hydrogen-bond donors (Lipinski definition) is 1. The number of imide groups is 1. The van der Waals surface area contributed by atoms with Crippen molar-refractivity contribution >= 4 is 11.9 Å². The SMILES string of the molecule is CC(C)n1cc(C[C@H]2NC(=O)N(CCOc3ccccc3)C2=O)nn1. The molecule has 1 aromatic carbocycles. The third-order valence-corrected chi connectivity index (χ3v) is 3.93. The number of ether oxygens (including phenoxy) is 1. The quantitative estimate of drug-likeness (QED) is 0.768. The second-order valence-corrected chi connectivity index (χ2v) is 6.14. The van der Waals surface area contributed by atoms with Crippen LogP contribution in [0.15, 0.2) is 36.5 Å². The van der Waals surface area contributed by atoms with Gasteiger partial charge >= 0.3 is 6.03 Å². The zero-order chi connectivity index (χ0) is 17.8. The molecule has 0 radical (unpaired) electrons. The van der Waals surface area contributed by atoms with Gasteiger partial charge in [0.1, 0.15) is 18.4 Å². The number of hydrogen-bond acceptors (Lipinski definition) is 5. The fourth-order valence-corrected chi connectivity index (χ4v) is 2.57. The van der Waals surface area contributed by atoms with Crippen molar-refractivity contribution in [3.8, 4) is 5.75 Å². The lowest BCUT2D eigenvalue weighted by Gasteiger charge is -2.13. The molecule has 2 aromatic rings. The van der Waals surface area contributed by atoms with Gasteiger partial charge in [-0.2, -0.15) is 0 Å². The highest BCUT2D eigenvalue weighted by atomic mass is 16.5. The second kappa shape index (κ2) is 7.33. The highest BCUT2D eigenvalue weighted by molar-refractivity contribution is 6.04. The summed E-state index contributed by atoms with van der Waals surface area (Å²) in [6, 6.07) is 8.46. The van der Waals surface area contributed by atoms with Crippen molar-refractivity contribution in [2.45, 2.75) is 32.4 Å². The number of rotatable bonds is 7. The summed E-state index contributed by atoms with van der Waals surface area (Å²) >= 11 is 0. The van der Waals surface area contributed by atoms with E-state index in [0.29, 0.717) is 17.9 Å². The van der Waals surface area contributed by atoms with Crippen molar-refractivity contribution in [1.82, 2.24) is 25.2 Å². The first-order valence-corrected chi connectivity index (χ1v) is 8.25. The van der Waals surface area contributed by atoms with Crippen LogP contribution in [0.3, 0.4) is 0 Å². The Balaban J connectivity index is 1.54. The van der Waals surface area contributed by atoms with Crippen LogP contribution in [-0.4, -0.2) is 51.0 Å². The number of urea groups is 1. The molecule has 0 spiro atoms. The lowest BCUT2D eigenvalue weighted by molar-refractivity contribution is -0.127. The second-order valence-electron chi connectivity index (χ2n) is 6.14. The minimum absolute atomic E-state index is 0.196. The first-order valence-electron chi connectivity index (χ1n) is 8.25. The third-order valence-electron chi connectivity index (χ3n) is 3.93. The van der Waals surface area contributed by atoms with Gasteiger partial charge in [-0.05, 0) is 26.0 Å². The smallest absolute Gasteiger partial charge is 0.324 e. The van der Waals surface area contributed by atoms with E-state index in [-0.39, 0.29) is 25.1 Å². The molecule has 0 bridgehead atoms. The van der Waals surface area contributed by atoms with Gasteiger partial charge in [0.2, 0.25) is 0 Å². The molecule has 2 heterocycles. The molecule has 3 rings (SSSR count). The largest absolute Gasteiger partial charge is 0.492 e. The van der Waals surface area contributed by atoms with Crippen LogP contribution in [0, 0.1) is 0 Å². The predicted molar refractivity (Wildman–Crippen MR) is 90.1 cm³/mol. The number of nitrogens with zero attached hydrogens (tertiary/aromatic N) is 4. The Bertz CT molecular complexity index is 744. The molecule has 1 aromatic heterocycles. The van der Waals surface area contributed by atoms with Crippen LogP contribution in [0.1, 0.15) is 25.6 Å². The number of carbonyl (C=O) groups is 2. The monoisotopic (exact) mass is 343 g/mol. The van der Waals surface area contributed by atoms with Gasteiger partial charge < -0.3 is 10.1 Å². The molecule has 1 fully saturated rings. The molecule has 1 saturated heterocycles. The van der Waals surface area contributed by atoms with Crippen LogP contribution in [0.2, 0.25) is 0 Å². The summed E-state index contributed by atoms with van der Waals surface area (Å²) in [7, 11) is 0. The predicted octanol–water partition coefficient (Wildman–Crippen LogP) is 1.40. The van der Waals surface area contributed by atoms with Gasteiger partial charge in [0.15, 0.2) is 0 Å². The first-order chi connectivity index (χ1) is 12.0. The fraction of sp³-hybridized carbons (Fsp3) is 0.412. The van der Waals surface area contributed by atoms with E-state index in [1.165, 1.54) is 4.90 Å². The number of nitrogens with one attached hydrogen (secondary N) is 1. The van der Waals surface area contributed by atoms with Gasteiger partial charge in [-0.3, -0.25) is 9.69 Å². The summed E-state index contributed by atoms with van der Waals surface area (Å²) in [6.07, 6.45) is 2.12. The number of aromatic nitrogens is 3. The van der Waals surface area contributed by atoms with E-state index < -0.39 is 12.1 Å².